The molecule has 0 bridgehead atoms. The van der Waals surface area contributed by atoms with E-state index in [9.17, 15) is 0 Å². The van der Waals surface area contributed by atoms with Gasteiger partial charge in [-0.1, -0.05) is 18.5 Å². The van der Waals surface area contributed by atoms with Crippen molar-refractivity contribution in [2.24, 2.45) is 0 Å². The lowest BCUT2D eigenvalue weighted by atomic mass is 10.2. The van der Waals surface area contributed by atoms with Crippen molar-refractivity contribution >= 4 is 22.6 Å². The van der Waals surface area contributed by atoms with Gasteiger partial charge in [0.25, 0.3) is 0 Å². The number of rotatable bonds is 3. The summed E-state index contributed by atoms with van der Waals surface area (Å²) in [6, 6.07) is 9.80. The number of hydrogen-bond acceptors (Lipinski definition) is 1. The van der Waals surface area contributed by atoms with Crippen molar-refractivity contribution in [3.8, 4) is 11.4 Å². The second-order valence-corrected chi connectivity index (χ2v) is 5.01. The van der Waals surface area contributed by atoms with Crippen LogP contribution in [0.1, 0.15) is 13.3 Å². The minimum absolute atomic E-state index is 0. The number of nitrogens with one attached hydrogen (secondary N) is 1. The average molecular weight is 400 g/mol. The third-order valence-corrected chi connectivity index (χ3v) is 3.29. The maximum absolute atomic E-state index is 5.99. The molecule has 0 saturated carbocycles. The molecule has 5 heteroatoms. The minimum atomic E-state index is 0. The van der Waals surface area contributed by atoms with Gasteiger partial charge in [0.15, 0.2) is 12.4 Å². The summed E-state index contributed by atoms with van der Waals surface area (Å²) in [5, 5.41) is 0.719. The Balaban J connectivity index is 0.00000147. The number of hydrogen-bond donors (Lipinski definition) is 1. The summed E-state index contributed by atoms with van der Waals surface area (Å²) in [5.41, 5.74) is 2.99. The molecule has 3 nitrogen and oxygen atoms in total. The molecule has 0 fully saturated rings. The fraction of sp³-hybridized carbons (Fsp3) is 0.200. The van der Waals surface area contributed by atoms with E-state index in [1.165, 1.54) is 0 Å². The number of fused-ring (bicyclic) bond motifs is 1. The Morgan fingerprint density at radius 1 is 1.30 bits per heavy atom. The van der Waals surface area contributed by atoms with Crippen molar-refractivity contribution in [2.45, 2.75) is 19.9 Å². The number of halogens is 2. The molecule has 0 aliphatic heterocycles. The van der Waals surface area contributed by atoms with Gasteiger partial charge in [0, 0.05) is 17.5 Å². The number of aromatic nitrogens is 3. The molecular weight excluding hydrogens is 385 g/mol. The molecule has 104 valence electrons. The molecule has 20 heavy (non-hydrogen) atoms. The van der Waals surface area contributed by atoms with Crippen LogP contribution in [-0.4, -0.2) is 9.97 Å². The van der Waals surface area contributed by atoms with Crippen LogP contribution in [0.4, 0.5) is 0 Å². The molecule has 2 heterocycles. The molecule has 3 rings (SSSR count). The van der Waals surface area contributed by atoms with Gasteiger partial charge in [0.2, 0.25) is 0 Å². The fourth-order valence-electron chi connectivity index (χ4n) is 2.18. The van der Waals surface area contributed by atoms with E-state index in [1.54, 1.807) is 0 Å². The van der Waals surface area contributed by atoms with Gasteiger partial charge < -0.3 is 29.0 Å². The smallest absolute Gasteiger partial charge is 0.179 e. The number of pyridine rings is 1. The number of H-pyrrole nitrogens is 1. The van der Waals surface area contributed by atoms with E-state index in [4.69, 9.17) is 11.6 Å². The van der Waals surface area contributed by atoms with Crippen molar-refractivity contribution in [1.82, 2.24) is 9.97 Å². The maximum Gasteiger partial charge on any atom is 0.179 e. The molecule has 3 aromatic rings. The van der Waals surface area contributed by atoms with E-state index < -0.39 is 0 Å². The Hall–Kier alpha value is -1.14. The van der Waals surface area contributed by atoms with Crippen LogP contribution in [0.2, 0.25) is 5.02 Å². The Morgan fingerprint density at radius 2 is 2.15 bits per heavy atom. The van der Waals surface area contributed by atoms with Gasteiger partial charge >= 0.3 is 0 Å². The van der Waals surface area contributed by atoms with E-state index in [1.807, 2.05) is 24.3 Å². The van der Waals surface area contributed by atoms with Crippen LogP contribution in [0.3, 0.4) is 0 Å². The van der Waals surface area contributed by atoms with Crippen molar-refractivity contribution in [3.63, 3.8) is 0 Å². The lowest BCUT2D eigenvalue weighted by Gasteiger charge is -1.96. The largest absolute Gasteiger partial charge is 1.00 e. The predicted octanol–water partition coefficient (Wildman–Crippen LogP) is 0.585. The van der Waals surface area contributed by atoms with Crippen LogP contribution in [0.5, 0.6) is 0 Å². The first-order chi connectivity index (χ1) is 9.26. The van der Waals surface area contributed by atoms with Gasteiger partial charge in [0.05, 0.1) is 16.6 Å². The van der Waals surface area contributed by atoms with Gasteiger partial charge in [-0.25, -0.2) is 9.55 Å². The maximum atomic E-state index is 5.99. The standard InChI is InChI=1S/C15H15ClN3.HI/c1-2-7-19-8-3-4-11(10-19)15-17-13-6-5-12(16)9-14(13)18-15;/h3-6,8-10H,2,7H2,1H3,(H,17,18);1H/q+1;/p-1. The molecule has 1 N–H and O–H groups in total. The van der Waals surface area contributed by atoms with Crippen molar-refractivity contribution in [2.75, 3.05) is 0 Å². The topological polar surface area (TPSA) is 32.6 Å². The molecule has 2 aromatic heterocycles. The molecule has 0 saturated heterocycles. The fourth-order valence-corrected chi connectivity index (χ4v) is 2.35. The van der Waals surface area contributed by atoms with Crippen molar-refractivity contribution in [3.05, 3.63) is 47.7 Å². The summed E-state index contributed by atoms with van der Waals surface area (Å²) in [6.07, 6.45) is 5.30. The first-order valence-electron chi connectivity index (χ1n) is 6.41. The highest BCUT2D eigenvalue weighted by Crippen LogP contribution is 2.21. The van der Waals surface area contributed by atoms with E-state index in [0.29, 0.717) is 0 Å². The predicted molar refractivity (Wildman–Crippen MR) is 77.0 cm³/mol. The highest BCUT2D eigenvalue weighted by atomic mass is 127. The Morgan fingerprint density at radius 3 is 2.95 bits per heavy atom. The van der Waals surface area contributed by atoms with Gasteiger partial charge in [-0.05, 0) is 24.3 Å². The normalized spacial score (nSPS) is 10.5. The average Bonchev–Trinajstić information content (AvgIpc) is 2.82. The van der Waals surface area contributed by atoms with Crippen LogP contribution >= 0.6 is 11.6 Å². The van der Waals surface area contributed by atoms with E-state index in [0.717, 1.165) is 40.4 Å². The Kier molecular flexibility index (Phi) is 4.99. The quantitative estimate of drug-likeness (QED) is 0.507. The summed E-state index contributed by atoms with van der Waals surface area (Å²) in [5.74, 6) is 0.878. The SMILES string of the molecule is CCC[n+]1cccc(-c2nc3ccc(Cl)cc3[nH]2)c1.[I-]. The number of nitrogens with zero attached hydrogens (tertiary/aromatic N) is 2. The number of benzene rings is 1. The van der Waals surface area contributed by atoms with Crippen LogP contribution in [0.25, 0.3) is 22.4 Å². The van der Waals surface area contributed by atoms with Crippen molar-refractivity contribution in [1.29, 1.82) is 0 Å². The van der Waals surface area contributed by atoms with Gasteiger partial charge in [-0.15, -0.1) is 0 Å². The van der Waals surface area contributed by atoms with Crippen LogP contribution in [-0.2, 0) is 6.54 Å². The minimum Gasteiger partial charge on any atom is -1.00 e. The molecule has 0 radical (unpaired) electrons. The molecule has 0 aliphatic rings. The summed E-state index contributed by atoms with van der Waals surface area (Å²) in [6.45, 7) is 3.18. The summed E-state index contributed by atoms with van der Waals surface area (Å²) in [7, 11) is 0. The van der Waals surface area contributed by atoms with E-state index in [2.05, 4.69) is 39.9 Å². The molecule has 1 aromatic carbocycles. The van der Waals surface area contributed by atoms with Gasteiger partial charge in [-0.3, -0.25) is 0 Å². The molecule has 0 atom stereocenters. The monoisotopic (exact) mass is 399 g/mol. The Bertz CT molecular complexity index is 724. The third kappa shape index (κ3) is 3.12. The third-order valence-electron chi connectivity index (χ3n) is 3.06. The highest BCUT2D eigenvalue weighted by Gasteiger charge is 2.09. The zero-order valence-electron chi connectivity index (χ0n) is 11.1. The summed E-state index contributed by atoms with van der Waals surface area (Å²) < 4.78 is 2.18. The summed E-state index contributed by atoms with van der Waals surface area (Å²) in [4.78, 5) is 7.91. The zero-order valence-corrected chi connectivity index (χ0v) is 14.0. The van der Waals surface area contributed by atoms with Gasteiger partial charge in [0.1, 0.15) is 12.4 Å². The lowest BCUT2D eigenvalue weighted by molar-refractivity contribution is -0.696. The van der Waals surface area contributed by atoms with Crippen molar-refractivity contribution < 1.29 is 28.5 Å². The molecule has 0 aliphatic carbocycles. The molecule has 0 unspecified atom stereocenters. The number of imidazole rings is 1. The van der Waals surface area contributed by atoms with Crippen LogP contribution in [0, 0.1) is 0 Å². The first-order valence-corrected chi connectivity index (χ1v) is 6.79. The zero-order chi connectivity index (χ0) is 13.2. The lowest BCUT2D eigenvalue weighted by Crippen LogP contribution is -3.00. The van der Waals surface area contributed by atoms with E-state index in [-0.39, 0.29) is 24.0 Å². The highest BCUT2D eigenvalue weighted by molar-refractivity contribution is 6.31. The molecule has 0 spiro atoms. The first kappa shape index (κ1) is 15.3. The number of aryl methyl sites for hydroxylation is 1. The van der Waals surface area contributed by atoms with Crippen LogP contribution < -0.4 is 28.5 Å². The second-order valence-electron chi connectivity index (χ2n) is 4.58. The second kappa shape index (κ2) is 6.54. The van der Waals surface area contributed by atoms with Crippen LogP contribution in [0.15, 0.2) is 42.7 Å². The van der Waals surface area contributed by atoms with Gasteiger partial charge in [-0.2, -0.15) is 0 Å². The summed E-state index contributed by atoms with van der Waals surface area (Å²) >= 11 is 5.99. The molecule has 0 amide bonds. The number of aromatic amines is 1. The van der Waals surface area contributed by atoms with E-state index >= 15 is 0 Å². The molecular formula is C15H15ClIN3. The Labute approximate surface area is 140 Å².